The van der Waals surface area contributed by atoms with Crippen molar-refractivity contribution in [1.29, 1.82) is 0 Å². The molecule has 1 heterocycles. The first-order chi connectivity index (χ1) is 7.72. The van der Waals surface area contributed by atoms with E-state index in [0.29, 0.717) is 0 Å². The Morgan fingerprint density at radius 3 is 3.06 bits per heavy atom. The van der Waals surface area contributed by atoms with E-state index in [1.165, 1.54) is 0 Å². The number of thioether (sulfide) groups is 1. The van der Waals surface area contributed by atoms with Crippen molar-refractivity contribution in [3.05, 3.63) is 30.1 Å². The van der Waals surface area contributed by atoms with Gasteiger partial charge in [-0.3, -0.25) is 0 Å². The highest BCUT2D eigenvalue weighted by atomic mass is 32.2. The number of rotatable bonds is 3. The molecule has 5 heteroatoms. The Labute approximate surface area is 96.4 Å². The van der Waals surface area contributed by atoms with E-state index in [1.807, 2.05) is 18.4 Å². The van der Waals surface area contributed by atoms with Gasteiger partial charge in [0.25, 0.3) is 0 Å². The fourth-order valence-corrected chi connectivity index (χ4v) is 2.09. The third-order valence-electron chi connectivity index (χ3n) is 2.20. The zero-order chi connectivity index (χ0) is 11.5. The molecule has 0 aliphatic carbocycles. The molecule has 0 atom stereocenters. The standard InChI is InChI=1S/C11H10N2O2S/c1-16-9-4-3-8-11(13-6-12-8)7(9)2-5-10(14)15/h2-6H,1H3,(H,12,13)(H,14,15)/b5-2+. The summed E-state index contributed by atoms with van der Waals surface area (Å²) in [5.74, 6) is -0.959. The van der Waals surface area contributed by atoms with Gasteiger partial charge < -0.3 is 10.1 Å². The fourth-order valence-electron chi connectivity index (χ4n) is 1.51. The molecular weight excluding hydrogens is 224 g/mol. The van der Waals surface area contributed by atoms with Crippen molar-refractivity contribution in [3.63, 3.8) is 0 Å². The largest absolute Gasteiger partial charge is 0.478 e. The van der Waals surface area contributed by atoms with E-state index >= 15 is 0 Å². The number of hydrogen-bond donors (Lipinski definition) is 2. The zero-order valence-electron chi connectivity index (χ0n) is 8.60. The number of aromatic amines is 1. The Kier molecular flexibility index (Phi) is 2.96. The van der Waals surface area contributed by atoms with Crippen LogP contribution in [0.25, 0.3) is 17.1 Å². The summed E-state index contributed by atoms with van der Waals surface area (Å²) in [4.78, 5) is 18.7. The van der Waals surface area contributed by atoms with Crippen LogP contribution in [0.3, 0.4) is 0 Å². The van der Waals surface area contributed by atoms with E-state index in [1.54, 1.807) is 24.2 Å². The normalized spacial score (nSPS) is 11.3. The molecule has 0 radical (unpaired) electrons. The van der Waals surface area contributed by atoms with E-state index in [2.05, 4.69) is 9.97 Å². The Bertz CT molecular complexity index is 560. The minimum absolute atomic E-state index is 0.796. The van der Waals surface area contributed by atoms with Crippen molar-refractivity contribution < 1.29 is 9.90 Å². The van der Waals surface area contributed by atoms with Crippen molar-refractivity contribution in [2.45, 2.75) is 4.90 Å². The van der Waals surface area contributed by atoms with Crippen molar-refractivity contribution in [2.75, 3.05) is 6.26 Å². The Morgan fingerprint density at radius 1 is 1.56 bits per heavy atom. The lowest BCUT2D eigenvalue weighted by atomic mass is 10.1. The van der Waals surface area contributed by atoms with Crippen LogP contribution >= 0.6 is 11.8 Å². The molecular formula is C11H10N2O2S. The summed E-state index contributed by atoms with van der Waals surface area (Å²) in [6.45, 7) is 0. The number of benzene rings is 1. The lowest BCUT2D eigenvalue weighted by molar-refractivity contribution is -0.131. The van der Waals surface area contributed by atoms with E-state index in [0.717, 1.165) is 27.6 Å². The molecule has 0 saturated carbocycles. The smallest absolute Gasteiger partial charge is 0.328 e. The summed E-state index contributed by atoms with van der Waals surface area (Å²) < 4.78 is 0. The van der Waals surface area contributed by atoms with Gasteiger partial charge in [0.2, 0.25) is 0 Å². The molecule has 82 valence electrons. The summed E-state index contributed by atoms with van der Waals surface area (Å²) in [6.07, 6.45) is 6.26. The lowest BCUT2D eigenvalue weighted by Crippen LogP contribution is -1.88. The molecule has 16 heavy (non-hydrogen) atoms. The number of aliphatic carboxylic acids is 1. The fraction of sp³-hybridized carbons (Fsp3) is 0.0909. The second-order valence-corrected chi connectivity index (χ2v) is 4.00. The summed E-state index contributed by atoms with van der Waals surface area (Å²) in [5, 5.41) is 8.64. The molecule has 0 unspecified atom stereocenters. The quantitative estimate of drug-likeness (QED) is 0.632. The third-order valence-corrected chi connectivity index (χ3v) is 3.00. The second-order valence-electron chi connectivity index (χ2n) is 3.15. The van der Waals surface area contributed by atoms with Gasteiger partial charge in [0.1, 0.15) is 0 Å². The molecule has 0 amide bonds. The highest BCUT2D eigenvalue weighted by Crippen LogP contribution is 2.27. The molecule has 1 aromatic heterocycles. The number of imidazole rings is 1. The molecule has 0 saturated heterocycles. The molecule has 0 aliphatic heterocycles. The molecule has 0 bridgehead atoms. The molecule has 0 spiro atoms. The second kappa shape index (κ2) is 4.40. The first-order valence-corrected chi connectivity index (χ1v) is 5.86. The number of nitrogens with one attached hydrogen (secondary N) is 1. The van der Waals surface area contributed by atoms with Gasteiger partial charge in [-0.15, -0.1) is 11.8 Å². The van der Waals surface area contributed by atoms with Crippen LogP contribution in [-0.4, -0.2) is 27.3 Å². The first kappa shape index (κ1) is 10.8. The van der Waals surface area contributed by atoms with Gasteiger partial charge in [-0.05, 0) is 24.5 Å². The number of hydrogen-bond acceptors (Lipinski definition) is 3. The molecule has 0 fully saturated rings. The average Bonchev–Trinajstić information content (AvgIpc) is 2.73. The number of carboxylic acid groups (broad SMARTS) is 1. The summed E-state index contributed by atoms with van der Waals surface area (Å²) in [7, 11) is 0. The van der Waals surface area contributed by atoms with Gasteiger partial charge in [-0.2, -0.15) is 0 Å². The van der Waals surface area contributed by atoms with E-state index < -0.39 is 5.97 Å². The average molecular weight is 234 g/mol. The Hall–Kier alpha value is -1.75. The summed E-state index contributed by atoms with van der Waals surface area (Å²) in [6, 6.07) is 3.89. The minimum atomic E-state index is -0.959. The number of aromatic nitrogens is 2. The van der Waals surface area contributed by atoms with Gasteiger partial charge in [-0.25, -0.2) is 9.78 Å². The van der Waals surface area contributed by atoms with Crippen LogP contribution in [0.2, 0.25) is 0 Å². The van der Waals surface area contributed by atoms with Crippen LogP contribution in [-0.2, 0) is 4.79 Å². The topological polar surface area (TPSA) is 66.0 Å². The van der Waals surface area contributed by atoms with Crippen LogP contribution in [0.1, 0.15) is 5.56 Å². The van der Waals surface area contributed by atoms with Crippen LogP contribution in [0.5, 0.6) is 0 Å². The summed E-state index contributed by atoms with van der Waals surface area (Å²) in [5.41, 5.74) is 2.54. The molecule has 4 nitrogen and oxygen atoms in total. The maximum Gasteiger partial charge on any atom is 0.328 e. The molecule has 1 aromatic carbocycles. The van der Waals surface area contributed by atoms with Gasteiger partial charge >= 0.3 is 5.97 Å². The van der Waals surface area contributed by atoms with Crippen molar-refractivity contribution in [1.82, 2.24) is 9.97 Å². The molecule has 2 aromatic rings. The number of carbonyl (C=O) groups is 1. The van der Waals surface area contributed by atoms with Gasteiger partial charge in [0, 0.05) is 16.5 Å². The third kappa shape index (κ3) is 1.94. The number of fused-ring (bicyclic) bond motifs is 1. The van der Waals surface area contributed by atoms with Crippen LogP contribution in [0.15, 0.2) is 29.4 Å². The van der Waals surface area contributed by atoms with E-state index in [9.17, 15) is 4.79 Å². The predicted molar refractivity (Wildman–Crippen MR) is 64.5 cm³/mol. The van der Waals surface area contributed by atoms with Crippen LogP contribution in [0, 0.1) is 0 Å². The van der Waals surface area contributed by atoms with Gasteiger partial charge in [-0.1, -0.05) is 0 Å². The Morgan fingerprint density at radius 2 is 2.38 bits per heavy atom. The van der Waals surface area contributed by atoms with E-state index in [-0.39, 0.29) is 0 Å². The molecule has 2 N–H and O–H groups in total. The van der Waals surface area contributed by atoms with Crippen molar-refractivity contribution in [2.24, 2.45) is 0 Å². The monoisotopic (exact) mass is 234 g/mol. The minimum Gasteiger partial charge on any atom is -0.478 e. The highest BCUT2D eigenvalue weighted by molar-refractivity contribution is 7.98. The number of H-pyrrole nitrogens is 1. The number of nitrogens with zero attached hydrogens (tertiary/aromatic N) is 1. The van der Waals surface area contributed by atoms with Crippen LogP contribution in [0.4, 0.5) is 0 Å². The van der Waals surface area contributed by atoms with Crippen LogP contribution < -0.4 is 0 Å². The van der Waals surface area contributed by atoms with Gasteiger partial charge in [0.05, 0.1) is 17.4 Å². The predicted octanol–water partition coefficient (Wildman–Crippen LogP) is 2.38. The Balaban J connectivity index is 2.61. The number of carboxylic acids is 1. The summed E-state index contributed by atoms with van der Waals surface area (Å²) >= 11 is 1.57. The molecule has 0 aliphatic rings. The van der Waals surface area contributed by atoms with E-state index in [4.69, 9.17) is 5.11 Å². The maximum absolute atomic E-state index is 10.5. The zero-order valence-corrected chi connectivity index (χ0v) is 9.41. The van der Waals surface area contributed by atoms with Gasteiger partial charge in [0.15, 0.2) is 0 Å². The molecule has 2 rings (SSSR count). The SMILES string of the molecule is CSc1ccc2[nH]cnc2c1/C=C/C(=O)O. The lowest BCUT2D eigenvalue weighted by Gasteiger charge is -2.02. The maximum atomic E-state index is 10.5. The highest BCUT2D eigenvalue weighted by Gasteiger charge is 2.06. The van der Waals surface area contributed by atoms with Crippen molar-refractivity contribution >= 4 is 34.8 Å². The van der Waals surface area contributed by atoms with Crippen molar-refractivity contribution in [3.8, 4) is 0 Å². The first-order valence-electron chi connectivity index (χ1n) is 4.63.